The number of aromatic nitrogens is 3. The number of methoxy groups -OCH3 is 1. The number of thioether (sulfide) groups is 1. The number of hydrogen-bond acceptors (Lipinski definition) is 6. The first-order valence-electron chi connectivity index (χ1n) is 9.82. The molecule has 0 aliphatic carbocycles. The molecule has 4 rings (SSSR count). The molecule has 7 heteroatoms. The largest absolute Gasteiger partial charge is 0.497 e. The number of hydrogen-bond donors (Lipinski definition) is 0. The summed E-state index contributed by atoms with van der Waals surface area (Å²) in [6, 6.07) is 17.3. The fraction of sp³-hybridized carbons (Fsp3) is 0.318. The summed E-state index contributed by atoms with van der Waals surface area (Å²) in [5.41, 5.74) is 1.65. The lowest BCUT2D eigenvalue weighted by Gasteiger charge is -2.27. The second kappa shape index (κ2) is 9.13. The molecular formula is C22H24N4O2S. The van der Waals surface area contributed by atoms with Crippen LogP contribution in [0.2, 0.25) is 0 Å². The predicted octanol–water partition coefficient (Wildman–Crippen LogP) is 4.24. The van der Waals surface area contributed by atoms with Gasteiger partial charge in [0.1, 0.15) is 5.75 Å². The van der Waals surface area contributed by atoms with Gasteiger partial charge < -0.3 is 9.64 Å². The van der Waals surface area contributed by atoms with Crippen LogP contribution in [0, 0.1) is 0 Å². The number of piperidine rings is 1. The van der Waals surface area contributed by atoms with Crippen molar-refractivity contribution in [2.24, 2.45) is 0 Å². The average Bonchev–Trinajstić information content (AvgIpc) is 3.22. The summed E-state index contributed by atoms with van der Waals surface area (Å²) in [7, 11) is 1.60. The van der Waals surface area contributed by atoms with Crippen molar-refractivity contribution in [3.05, 3.63) is 60.2 Å². The molecule has 150 valence electrons. The Morgan fingerprint density at radius 2 is 1.83 bits per heavy atom. The van der Waals surface area contributed by atoms with Crippen LogP contribution in [0.1, 0.15) is 29.6 Å². The van der Waals surface area contributed by atoms with Crippen LogP contribution in [0.3, 0.4) is 0 Å². The molecule has 0 radical (unpaired) electrons. The SMILES string of the molecule is COc1cccc(C(=O)CSc2nnc(N3CCCCC3)n2-c2ccccc2)c1. The number of nitrogens with zero attached hydrogens (tertiary/aromatic N) is 4. The fourth-order valence-corrected chi connectivity index (χ4v) is 4.31. The first kappa shape index (κ1) is 19.5. The summed E-state index contributed by atoms with van der Waals surface area (Å²) in [6.07, 6.45) is 3.59. The van der Waals surface area contributed by atoms with E-state index in [0.29, 0.717) is 11.3 Å². The van der Waals surface area contributed by atoms with Crippen LogP contribution in [0.15, 0.2) is 59.8 Å². The van der Waals surface area contributed by atoms with Gasteiger partial charge in [0.15, 0.2) is 10.9 Å². The van der Waals surface area contributed by atoms with E-state index in [9.17, 15) is 4.79 Å². The molecule has 1 fully saturated rings. The van der Waals surface area contributed by atoms with E-state index in [0.717, 1.165) is 29.9 Å². The van der Waals surface area contributed by atoms with Gasteiger partial charge in [-0.1, -0.05) is 42.1 Å². The Morgan fingerprint density at radius 3 is 2.59 bits per heavy atom. The molecule has 29 heavy (non-hydrogen) atoms. The number of Topliss-reactive ketones (excluding diaryl/α,β-unsaturated/α-hetero) is 1. The monoisotopic (exact) mass is 408 g/mol. The molecule has 1 aliphatic rings. The fourth-order valence-electron chi connectivity index (χ4n) is 3.47. The first-order chi connectivity index (χ1) is 14.3. The summed E-state index contributed by atoms with van der Waals surface area (Å²) in [5, 5.41) is 9.64. The Hall–Kier alpha value is -2.80. The minimum absolute atomic E-state index is 0.0380. The normalized spacial score (nSPS) is 14.0. The van der Waals surface area contributed by atoms with Gasteiger partial charge in [0.2, 0.25) is 5.95 Å². The smallest absolute Gasteiger partial charge is 0.232 e. The van der Waals surface area contributed by atoms with Gasteiger partial charge in [-0.2, -0.15) is 0 Å². The third kappa shape index (κ3) is 4.45. The van der Waals surface area contributed by atoms with Crippen LogP contribution < -0.4 is 9.64 Å². The highest BCUT2D eigenvalue weighted by Crippen LogP contribution is 2.29. The molecule has 1 aromatic heterocycles. The van der Waals surface area contributed by atoms with Gasteiger partial charge in [0.05, 0.1) is 18.6 Å². The van der Waals surface area contributed by atoms with E-state index in [2.05, 4.69) is 19.7 Å². The van der Waals surface area contributed by atoms with Crippen molar-refractivity contribution in [1.29, 1.82) is 0 Å². The zero-order valence-corrected chi connectivity index (χ0v) is 17.3. The number of ether oxygens (including phenoxy) is 1. The molecule has 1 saturated heterocycles. The molecular weight excluding hydrogens is 384 g/mol. The molecule has 2 aromatic carbocycles. The lowest BCUT2D eigenvalue weighted by molar-refractivity contribution is 0.102. The van der Waals surface area contributed by atoms with Gasteiger partial charge in [-0.15, -0.1) is 10.2 Å². The zero-order valence-electron chi connectivity index (χ0n) is 16.5. The second-order valence-electron chi connectivity index (χ2n) is 6.95. The van der Waals surface area contributed by atoms with Crippen LogP contribution in [-0.2, 0) is 0 Å². The van der Waals surface area contributed by atoms with E-state index in [1.807, 2.05) is 48.5 Å². The number of carbonyl (C=O) groups excluding carboxylic acids is 1. The van der Waals surface area contributed by atoms with Gasteiger partial charge in [-0.05, 0) is 43.5 Å². The first-order valence-corrected chi connectivity index (χ1v) is 10.8. The minimum atomic E-state index is 0.0380. The third-order valence-electron chi connectivity index (χ3n) is 4.99. The van der Waals surface area contributed by atoms with E-state index in [-0.39, 0.29) is 11.5 Å². The third-order valence-corrected chi connectivity index (χ3v) is 5.92. The van der Waals surface area contributed by atoms with Crippen LogP contribution in [-0.4, -0.2) is 46.5 Å². The van der Waals surface area contributed by atoms with Crippen molar-refractivity contribution in [2.45, 2.75) is 24.4 Å². The molecule has 0 saturated carbocycles. The Kier molecular flexibility index (Phi) is 6.14. The van der Waals surface area contributed by atoms with Gasteiger partial charge in [-0.25, -0.2) is 0 Å². The van der Waals surface area contributed by atoms with Crippen LogP contribution >= 0.6 is 11.8 Å². The molecule has 0 amide bonds. The number of carbonyl (C=O) groups is 1. The molecule has 3 aromatic rings. The average molecular weight is 409 g/mol. The van der Waals surface area contributed by atoms with Crippen molar-refractivity contribution in [2.75, 3.05) is 30.9 Å². The molecule has 1 aliphatic heterocycles. The molecule has 0 unspecified atom stereocenters. The molecule has 2 heterocycles. The second-order valence-corrected chi connectivity index (χ2v) is 7.89. The predicted molar refractivity (Wildman–Crippen MR) is 115 cm³/mol. The molecule has 6 nitrogen and oxygen atoms in total. The van der Waals surface area contributed by atoms with Crippen molar-refractivity contribution >= 4 is 23.5 Å². The van der Waals surface area contributed by atoms with Crippen LogP contribution in [0.5, 0.6) is 5.75 Å². The zero-order chi connectivity index (χ0) is 20.1. The summed E-state index contributed by atoms with van der Waals surface area (Å²) in [6.45, 7) is 1.97. The van der Waals surface area contributed by atoms with Gasteiger partial charge in [0, 0.05) is 18.7 Å². The van der Waals surface area contributed by atoms with E-state index < -0.39 is 0 Å². The highest BCUT2D eigenvalue weighted by Gasteiger charge is 2.22. The summed E-state index contributed by atoms with van der Waals surface area (Å²) >= 11 is 1.42. The summed E-state index contributed by atoms with van der Waals surface area (Å²) in [4.78, 5) is 15.0. The minimum Gasteiger partial charge on any atom is -0.497 e. The number of anilines is 1. The Bertz CT molecular complexity index is 968. The van der Waals surface area contributed by atoms with Gasteiger partial charge >= 0.3 is 0 Å². The highest BCUT2D eigenvalue weighted by atomic mass is 32.2. The van der Waals surface area contributed by atoms with E-state index in [1.165, 1.54) is 31.0 Å². The molecule has 0 N–H and O–H groups in total. The number of para-hydroxylation sites is 1. The topological polar surface area (TPSA) is 60.2 Å². The van der Waals surface area contributed by atoms with E-state index in [4.69, 9.17) is 4.74 Å². The van der Waals surface area contributed by atoms with Crippen molar-refractivity contribution in [1.82, 2.24) is 14.8 Å². The molecule has 0 spiro atoms. The number of benzene rings is 2. The lowest BCUT2D eigenvalue weighted by atomic mass is 10.1. The van der Waals surface area contributed by atoms with E-state index >= 15 is 0 Å². The number of ketones is 1. The standard InChI is InChI=1S/C22H24N4O2S/c1-28-19-12-8-9-17(15-19)20(27)16-29-22-24-23-21(25-13-6-3-7-14-25)26(22)18-10-4-2-5-11-18/h2,4-5,8-12,15H,3,6-7,13-14,16H2,1H3. The van der Waals surface area contributed by atoms with Crippen molar-refractivity contribution in [3.8, 4) is 11.4 Å². The van der Waals surface area contributed by atoms with Crippen molar-refractivity contribution < 1.29 is 9.53 Å². The maximum Gasteiger partial charge on any atom is 0.232 e. The maximum absolute atomic E-state index is 12.7. The van der Waals surface area contributed by atoms with Gasteiger partial charge in [-0.3, -0.25) is 9.36 Å². The summed E-state index contributed by atoms with van der Waals surface area (Å²) < 4.78 is 7.29. The van der Waals surface area contributed by atoms with Crippen LogP contribution in [0.4, 0.5) is 5.95 Å². The van der Waals surface area contributed by atoms with Crippen molar-refractivity contribution in [3.63, 3.8) is 0 Å². The Morgan fingerprint density at radius 1 is 1.03 bits per heavy atom. The highest BCUT2D eigenvalue weighted by molar-refractivity contribution is 7.99. The van der Waals surface area contributed by atoms with Crippen LogP contribution in [0.25, 0.3) is 5.69 Å². The summed E-state index contributed by atoms with van der Waals surface area (Å²) in [5.74, 6) is 1.86. The molecule has 0 atom stereocenters. The Labute approximate surface area is 174 Å². The number of rotatable bonds is 7. The quantitative estimate of drug-likeness (QED) is 0.430. The van der Waals surface area contributed by atoms with E-state index in [1.54, 1.807) is 13.2 Å². The lowest BCUT2D eigenvalue weighted by Crippen LogP contribution is -2.31. The van der Waals surface area contributed by atoms with Gasteiger partial charge in [0.25, 0.3) is 0 Å². The Balaban J connectivity index is 1.58. The maximum atomic E-state index is 12.7. The molecule has 0 bridgehead atoms.